The number of nitrogens with one attached hydrogen (secondary N) is 2. The molecule has 3 N–H and O–H groups in total. The van der Waals surface area contributed by atoms with Crippen molar-refractivity contribution < 1.29 is 23.9 Å². The van der Waals surface area contributed by atoms with E-state index in [1.807, 2.05) is 28.8 Å². The van der Waals surface area contributed by atoms with Gasteiger partial charge in [-0.2, -0.15) is 0 Å². The SMILES string of the molecule is O=C(C[n+]1c(NCCO)[nH]c2ccccc21)c1ccc2c(c1)OCO2. The van der Waals surface area contributed by atoms with Crippen LogP contribution in [-0.4, -0.2) is 35.8 Å². The van der Waals surface area contributed by atoms with Crippen molar-refractivity contribution in [2.75, 3.05) is 25.3 Å². The van der Waals surface area contributed by atoms with Gasteiger partial charge in [0, 0.05) is 5.56 Å². The highest BCUT2D eigenvalue weighted by atomic mass is 16.7. The summed E-state index contributed by atoms with van der Waals surface area (Å²) in [7, 11) is 0. The standard InChI is InChI=1S/C18H17N3O4/c22-8-7-19-18-20-13-3-1-2-4-14(13)21(18)10-15(23)12-5-6-16-17(9-12)25-11-24-16/h1-6,9,22H,7-8,10-11H2,(H,19,20)/p+1. The number of aliphatic hydroxyl groups is 1. The number of anilines is 1. The van der Waals surface area contributed by atoms with Crippen LogP contribution in [0.5, 0.6) is 11.5 Å². The third-order valence-electron chi connectivity index (χ3n) is 4.12. The predicted molar refractivity (Wildman–Crippen MR) is 91.0 cm³/mol. The highest BCUT2D eigenvalue weighted by molar-refractivity contribution is 5.96. The maximum Gasteiger partial charge on any atom is 0.356 e. The minimum absolute atomic E-state index is 0.00543. The van der Waals surface area contributed by atoms with E-state index >= 15 is 0 Å². The first-order valence-corrected chi connectivity index (χ1v) is 8.04. The second kappa shape index (κ2) is 6.45. The Morgan fingerprint density at radius 1 is 1.20 bits per heavy atom. The number of aromatic nitrogens is 2. The van der Waals surface area contributed by atoms with Crippen molar-refractivity contribution in [3.8, 4) is 11.5 Å². The molecule has 3 aromatic rings. The Morgan fingerprint density at radius 3 is 2.92 bits per heavy atom. The normalized spacial score (nSPS) is 12.5. The van der Waals surface area contributed by atoms with Crippen molar-refractivity contribution in [1.82, 2.24) is 4.98 Å². The Labute approximate surface area is 143 Å². The Bertz CT molecular complexity index is 935. The second-order valence-electron chi connectivity index (χ2n) is 5.72. The topological polar surface area (TPSA) is 87.5 Å². The number of hydrogen-bond acceptors (Lipinski definition) is 5. The predicted octanol–water partition coefficient (Wildman–Crippen LogP) is 1.47. The third-order valence-corrected chi connectivity index (χ3v) is 4.12. The van der Waals surface area contributed by atoms with E-state index in [0.717, 1.165) is 11.0 Å². The summed E-state index contributed by atoms with van der Waals surface area (Å²) in [6.07, 6.45) is 0. The molecule has 0 bridgehead atoms. The van der Waals surface area contributed by atoms with E-state index in [1.54, 1.807) is 18.2 Å². The van der Waals surface area contributed by atoms with E-state index in [1.165, 1.54) is 0 Å². The van der Waals surface area contributed by atoms with Crippen LogP contribution in [0.25, 0.3) is 11.0 Å². The summed E-state index contributed by atoms with van der Waals surface area (Å²) in [6.45, 7) is 0.743. The average Bonchev–Trinajstić information content (AvgIpc) is 3.24. The monoisotopic (exact) mass is 340 g/mol. The number of carbonyl (C=O) groups is 1. The van der Waals surface area contributed by atoms with Crippen molar-refractivity contribution in [2.24, 2.45) is 0 Å². The van der Waals surface area contributed by atoms with Crippen LogP contribution in [0.2, 0.25) is 0 Å². The van der Waals surface area contributed by atoms with Gasteiger partial charge in [0.05, 0.1) is 13.2 Å². The van der Waals surface area contributed by atoms with Gasteiger partial charge in [0.2, 0.25) is 6.79 Å². The number of nitrogens with zero attached hydrogens (tertiary/aromatic N) is 1. The number of H-pyrrole nitrogens is 1. The fourth-order valence-electron chi connectivity index (χ4n) is 2.91. The van der Waals surface area contributed by atoms with Gasteiger partial charge in [0.15, 0.2) is 17.3 Å². The Kier molecular flexibility index (Phi) is 3.99. The Morgan fingerprint density at radius 2 is 2.04 bits per heavy atom. The molecule has 0 saturated heterocycles. The van der Waals surface area contributed by atoms with Gasteiger partial charge in [-0.05, 0) is 30.3 Å². The number of aliphatic hydroxyl groups excluding tert-OH is 1. The first-order chi connectivity index (χ1) is 12.3. The number of ether oxygens (including phenoxy) is 2. The third kappa shape index (κ3) is 2.89. The van der Waals surface area contributed by atoms with Gasteiger partial charge in [0.25, 0.3) is 0 Å². The number of ketones is 1. The van der Waals surface area contributed by atoms with E-state index in [2.05, 4.69) is 10.3 Å². The molecule has 0 radical (unpaired) electrons. The van der Waals surface area contributed by atoms with Crippen LogP contribution in [0.3, 0.4) is 0 Å². The molecular formula is C18H18N3O4+. The number of Topliss-reactive ketones (excluding diaryl/α,β-unsaturated/α-hetero) is 1. The summed E-state index contributed by atoms with van der Waals surface area (Å²) in [5.74, 6) is 1.89. The molecule has 0 aliphatic carbocycles. The van der Waals surface area contributed by atoms with Gasteiger partial charge in [-0.15, -0.1) is 0 Å². The van der Waals surface area contributed by atoms with Gasteiger partial charge >= 0.3 is 5.95 Å². The summed E-state index contributed by atoms with van der Waals surface area (Å²) in [5, 5.41) is 12.2. The first-order valence-electron chi connectivity index (χ1n) is 8.04. The van der Waals surface area contributed by atoms with Crippen LogP contribution in [0.1, 0.15) is 10.4 Å². The molecule has 1 aliphatic heterocycles. The summed E-state index contributed by atoms with van der Waals surface area (Å²) >= 11 is 0. The van der Waals surface area contributed by atoms with Crippen molar-refractivity contribution in [3.05, 3.63) is 48.0 Å². The molecular weight excluding hydrogens is 322 g/mol. The molecule has 1 aromatic heterocycles. The zero-order valence-electron chi connectivity index (χ0n) is 13.5. The molecule has 0 spiro atoms. The molecule has 25 heavy (non-hydrogen) atoms. The van der Waals surface area contributed by atoms with Crippen LogP contribution in [0, 0.1) is 0 Å². The summed E-state index contributed by atoms with van der Waals surface area (Å²) < 4.78 is 12.5. The van der Waals surface area contributed by atoms with Crippen molar-refractivity contribution in [2.45, 2.75) is 6.54 Å². The van der Waals surface area contributed by atoms with E-state index in [9.17, 15) is 4.79 Å². The molecule has 7 heteroatoms. The lowest BCUT2D eigenvalue weighted by Crippen LogP contribution is -2.40. The van der Waals surface area contributed by atoms with Crippen LogP contribution in [-0.2, 0) is 6.54 Å². The lowest BCUT2D eigenvalue weighted by atomic mass is 10.1. The number of imidazole rings is 1. The molecule has 4 rings (SSSR count). The average molecular weight is 340 g/mol. The Balaban J connectivity index is 1.66. The number of hydrogen-bond donors (Lipinski definition) is 3. The number of benzene rings is 2. The summed E-state index contributed by atoms with van der Waals surface area (Å²) in [4.78, 5) is 16.0. The molecule has 1 aliphatic rings. The van der Waals surface area contributed by atoms with Gasteiger partial charge in [-0.1, -0.05) is 12.1 Å². The lowest BCUT2D eigenvalue weighted by Gasteiger charge is -2.05. The number of rotatable bonds is 6. The second-order valence-corrected chi connectivity index (χ2v) is 5.72. The van der Waals surface area contributed by atoms with Crippen LogP contribution >= 0.6 is 0 Å². The maximum absolute atomic E-state index is 12.8. The molecule has 0 fully saturated rings. The van der Waals surface area contributed by atoms with Gasteiger partial charge in [-0.3, -0.25) is 10.1 Å². The summed E-state index contributed by atoms with van der Waals surface area (Å²) in [5.41, 5.74) is 2.40. The highest BCUT2D eigenvalue weighted by Gasteiger charge is 2.22. The fourth-order valence-corrected chi connectivity index (χ4v) is 2.91. The van der Waals surface area contributed by atoms with Crippen LogP contribution < -0.4 is 19.4 Å². The molecule has 0 atom stereocenters. The molecule has 7 nitrogen and oxygen atoms in total. The largest absolute Gasteiger partial charge is 0.454 e. The molecule has 0 saturated carbocycles. The fraction of sp³-hybridized carbons (Fsp3) is 0.222. The zero-order chi connectivity index (χ0) is 17.2. The molecule has 2 heterocycles. The number of aromatic amines is 1. The molecule has 0 amide bonds. The minimum Gasteiger partial charge on any atom is -0.454 e. The summed E-state index contributed by atoms with van der Waals surface area (Å²) in [6, 6.07) is 12.9. The van der Waals surface area contributed by atoms with Gasteiger partial charge < -0.3 is 14.6 Å². The molecule has 128 valence electrons. The van der Waals surface area contributed by atoms with Gasteiger partial charge in [0.1, 0.15) is 17.6 Å². The van der Waals surface area contributed by atoms with Crippen molar-refractivity contribution >= 4 is 22.8 Å². The number of para-hydroxylation sites is 2. The molecule has 2 aromatic carbocycles. The number of fused-ring (bicyclic) bond motifs is 2. The zero-order valence-corrected chi connectivity index (χ0v) is 13.5. The number of carbonyl (C=O) groups excluding carboxylic acids is 1. The van der Waals surface area contributed by atoms with Crippen molar-refractivity contribution in [3.63, 3.8) is 0 Å². The lowest BCUT2D eigenvalue weighted by molar-refractivity contribution is -0.642. The van der Waals surface area contributed by atoms with Crippen LogP contribution in [0.15, 0.2) is 42.5 Å². The highest BCUT2D eigenvalue weighted by Crippen LogP contribution is 2.32. The van der Waals surface area contributed by atoms with Crippen LogP contribution in [0.4, 0.5) is 5.95 Å². The van der Waals surface area contributed by atoms with E-state index in [4.69, 9.17) is 14.6 Å². The minimum atomic E-state index is -0.0416. The Hall–Kier alpha value is -3.06. The maximum atomic E-state index is 12.8. The quantitative estimate of drug-likeness (QED) is 0.467. The van der Waals surface area contributed by atoms with E-state index in [0.29, 0.717) is 29.6 Å². The van der Waals surface area contributed by atoms with Crippen molar-refractivity contribution in [1.29, 1.82) is 0 Å². The van der Waals surface area contributed by atoms with Gasteiger partial charge in [-0.25, -0.2) is 9.55 Å². The molecule has 0 unspecified atom stereocenters. The van der Waals surface area contributed by atoms with E-state index in [-0.39, 0.29) is 25.7 Å². The smallest absolute Gasteiger partial charge is 0.356 e. The first kappa shape index (κ1) is 15.5. The van der Waals surface area contributed by atoms with E-state index < -0.39 is 0 Å².